The second kappa shape index (κ2) is 5.61. The Kier molecular flexibility index (Phi) is 3.66. The van der Waals surface area contributed by atoms with E-state index < -0.39 is 5.91 Å². The van der Waals surface area contributed by atoms with Crippen LogP contribution in [0.2, 0.25) is 0 Å². The first-order valence-corrected chi connectivity index (χ1v) is 7.03. The number of amides is 1. The van der Waals surface area contributed by atoms with Crippen LogP contribution in [-0.4, -0.2) is 40.0 Å². The van der Waals surface area contributed by atoms with Crippen LogP contribution in [0, 0.1) is 5.92 Å². The van der Waals surface area contributed by atoms with Crippen molar-refractivity contribution in [2.24, 2.45) is 11.7 Å². The van der Waals surface area contributed by atoms with Gasteiger partial charge in [-0.25, -0.2) is 9.97 Å². The number of carbonyl (C=O) groups is 1. The molecule has 3 rings (SSSR count). The summed E-state index contributed by atoms with van der Waals surface area (Å²) in [6, 6.07) is 1.85. The Morgan fingerprint density at radius 3 is 3.00 bits per heavy atom. The molecule has 1 amide bonds. The van der Waals surface area contributed by atoms with Gasteiger partial charge < -0.3 is 16.4 Å². The van der Waals surface area contributed by atoms with Gasteiger partial charge in [0.15, 0.2) is 5.82 Å². The van der Waals surface area contributed by atoms with Gasteiger partial charge in [0.2, 0.25) is 0 Å². The monoisotopic (exact) mass is 286 g/mol. The van der Waals surface area contributed by atoms with E-state index in [1.807, 2.05) is 0 Å². The van der Waals surface area contributed by atoms with Crippen LogP contribution < -0.4 is 16.4 Å². The van der Waals surface area contributed by atoms with E-state index in [9.17, 15) is 4.79 Å². The zero-order chi connectivity index (χ0) is 14.8. The molecular formula is C14H18N6O. The molecule has 1 saturated heterocycles. The minimum Gasteiger partial charge on any atom is -0.366 e. The highest BCUT2D eigenvalue weighted by Crippen LogP contribution is 2.22. The molecule has 21 heavy (non-hydrogen) atoms. The molecule has 7 nitrogen and oxygen atoms in total. The predicted molar refractivity (Wildman–Crippen MR) is 79.9 cm³/mol. The van der Waals surface area contributed by atoms with Gasteiger partial charge in [0, 0.05) is 18.8 Å². The lowest BCUT2D eigenvalue weighted by atomic mass is 9.95. The molecule has 0 bridgehead atoms. The van der Waals surface area contributed by atoms with Crippen molar-refractivity contribution >= 4 is 22.8 Å². The van der Waals surface area contributed by atoms with E-state index in [0.29, 0.717) is 28.3 Å². The molecule has 1 aliphatic heterocycles. The van der Waals surface area contributed by atoms with Crippen molar-refractivity contribution in [3.05, 3.63) is 24.2 Å². The topological polar surface area (TPSA) is 106 Å². The van der Waals surface area contributed by atoms with Crippen molar-refractivity contribution in [2.45, 2.75) is 19.4 Å². The van der Waals surface area contributed by atoms with Crippen molar-refractivity contribution in [3.8, 4) is 0 Å². The maximum Gasteiger partial charge on any atom is 0.251 e. The zero-order valence-electron chi connectivity index (χ0n) is 11.8. The SMILES string of the molecule is C[C@@H]1CCNC[C@H]1Nc1ncnc2c(C(N)=O)ccnc12. The number of nitrogens with two attached hydrogens (primary N) is 1. The van der Waals surface area contributed by atoms with Crippen LogP contribution in [0.5, 0.6) is 0 Å². The van der Waals surface area contributed by atoms with Gasteiger partial charge >= 0.3 is 0 Å². The zero-order valence-corrected chi connectivity index (χ0v) is 11.8. The van der Waals surface area contributed by atoms with Gasteiger partial charge in [-0.2, -0.15) is 0 Å². The highest BCUT2D eigenvalue weighted by atomic mass is 16.1. The average Bonchev–Trinajstić information content (AvgIpc) is 2.49. The van der Waals surface area contributed by atoms with E-state index in [-0.39, 0.29) is 6.04 Å². The van der Waals surface area contributed by atoms with Crippen molar-refractivity contribution in [1.29, 1.82) is 0 Å². The molecule has 1 aliphatic rings. The third-order valence-corrected chi connectivity index (χ3v) is 3.94. The molecule has 0 unspecified atom stereocenters. The minimum atomic E-state index is -0.514. The average molecular weight is 286 g/mol. The van der Waals surface area contributed by atoms with Crippen molar-refractivity contribution < 1.29 is 4.79 Å². The van der Waals surface area contributed by atoms with Gasteiger partial charge in [0.25, 0.3) is 5.91 Å². The molecule has 0 aliphatic carbocycles. The first-order valence-electron chi connectivity index (χ1n) is 7.03. The predicted octanol–water partition coefficient (Wildman–Crippen LogP) is 0.534. The van der Waals surface area contributed by atoms with Crippen molar-refractivity contribution in [3.63, 3.8) is 0 Å². The number of anilines is 1. The molecule has 2 aromatic heterocycles. The largest absolute Gasteiger partial charge is 0.366 e. The molecule has 1 fully saturated rings. The summed E-state index contributed by atoms with van der Waals surface area (Å²) in [5.74, 6) is 0.666. The van der Waals surface area contributed by atoms with Gasteiger partial charge in [-0.15, -0.1) is 0 Å². The Morgan fingerprint density at radius 2 is 2.24 bits per heavy atom. The number of nitrogens with zero attached hydrogens (tertiary/aromatic N) is 3. The fraction of sp³-hybridized carbons (Fsp3) is 0.429. The van der Waals surface area contributed by atoms with Crippen LogP contribution in [0.25, 0.3) is 11.0 Å². The van der Waals surface area contributed by atoms with Crippen LogP contribution in [-0.2, 0) is 0 Å². The molecule has 2 atom stereocenters. The molecule has 110 valence electrons. The number of hydrogen-bond acceptors (Lipinski definition) is 6. The van der Waals surface area contributed by atoms with E-state index >= 15 is 0 Å². The van der Waals surface area contributed by atoms with Crippen LogP contribution in [0.1, 0.15) is 23.7 Å². The highest BCUT2D eigenvalue weighted by Gasteiger charge is 2.22. The van der Waals surface area contributed by atoms with E-state index in [4.69, 9.17) is 5.73 Å². The van der Waals surface area contributed by atoms with E-state index in [2.05, 4.69) is 32.5 Å². The maximum absolute atomic E-state index is 11.5. The maximum atomic E-state index is 11.5. The number of pyridine rings is 1. The van der Waals surface area contributed by atoms with Crippen LogP contribution in [0.3, 0.4) is 0 Å². The fourth-order valence-electron chi connectivity index (χ4n) is 2.63. The highest BCUT2D eigenvalue weighted by molar-refractivity contribution is 6.05. The molecule has 0 aromatic carbocycles. The van der Waals surface area contributed by atoms with E-state index in [1.165, 1.54) is 6.33 Å². The third-order valence-electron chi connectivity index (χ3n) is 3.94. The summed E-state index contributed by atoms with van der Waals surface area (Å²) in [7, 11) is 0. The molecule has 0 radical (unpaired) electrons. The standard InChI is InChI=1S/C14H18N6O/c1-8-2-4-16-6-10(8)20-14-12-11(18-7-19-14)9(13(15)21)3-5-17-12/h3,5,7-8,10,16H,2,4,6H2,1H3,(H2,15,21)(H,18,19,20)/t8-,10-/m1/s1. The van der Waals surface area contributed by atoms with Gasteiger partial charge in [-0.1, -0.05) is 6.92 Å². The smallest absolute Gasteiger partial charge is 0.251 e. The molecule has 4 N–H and O–H groups in total. The van der Waals surface area contributed by atoms with Crippen LogP contribution in [0.4, 0.5) is 5.82 Å². The number of piperidine rings is 1. The summed E-state index contributed by atoms with van der Waals surface area (Å²) < 4.78 is 0. The number of primary amides is 1. The van der Waals surface area contributed by atoms with Gasteiger partial charge in [-0.3, -0.25) is 9.78 Å². The Balaban J connectivity index is 1.99. The number of fused-ring (bicyclic) bond motifs is 1. The van der Waals surface area contributed by atoms with E-state index in [1.54, 1.807) is 12.3 Å². The third kappa shape index (κ3) is 2.64. The molecule has 0 saturated carbocycles. The summed E-state index contributed by atoms with van der Waals surface area (Å²) in [5.41, 5.74) is 6.80. The second-order valence-electron chi connectivity index (χ2n) is 5.36. The summed E-state index contributed by atoms with van der Waals surface area (Å²) in [5, 5.41) is 6.77. The first kappa shape index (κ1) is 13.7. The quantitative estimate of drug-likeness (QED) is 0.760. The second-order valence-corrected chi connectivity index (χ2v) is 5.36. The fourth-order valence-corrected chi connectivity index (χ4v) is 2.63. The normalized spacial score (nSPS) is 22.1. The van der Waals surface area contributed by atoms with E-state index in [0.717, 1.165) is 19.5 Å². The summed E-state index contributed by atoms with van der Waals surface area (Å²) in [6.07, 6.45) is 4.10. The Bertz CT molecular complexity index is 674. The number of nitrogens with one attached hydrogen (secondary N) is 2. The lowest BCUT2D eigenvalue weighted by Gasteiger charge is -2.30. The van der Waals surface area contributed by atoms with Gasteiger partial charge in [0.05, 0.1) is 5.56 Å². The molecule has 3 heterocycles. The van der Waals surface area contributed by atoms with Crippen molar-refractivity contribution in [1.82, 2.24) is 20.3 Å². The molecular weight excluding hydrogens is 268 g/mol. The summed E-state index contributed by atoms with van der Waals surface area (Å²) in [4.78, 5) is 24.2. The Hall–Kier alpha value is -2.28. The van der Waals surface area contributed by atoms with Crippen LogP contribution >= 0.6 is 0 Å². The minimum absolute atomic E-state index is 0.274. The lowest BCUT2D eigenvalue weighted by Crippen LogP contribution is -2.44. The van der Waals surface area contributed by atoms with Crippen LogP contribution in [0.15, 0.2) is 18.6 Å². The number of rotatable bonds is 3. The molecule has 0 spiro atoms. The van der Waals surface area contributed by atoms with Gasteiger partial charge in [0.1, 0.15) is 17.4 Å². The first-order chi connectivity index (χ1) is 10.2. The van der Waals surface area contributed by atoms with Crippen molar-refractivity contribution in [2.75, 3.05) is 18.4 Å². The number of hydrogen-bond donors (Lipinski definition) is 3. The lowest BCUT2D eigenvalue weighted by molar-refractivity contribution is 0.100. The Morgan fingerprint density at radius 1 is 1.38 bits per heavy atom. The molecule has 2 aromatic rings. The number of carbonyl (C=O) groups excluding carboxylic acids is 1. The number of aromatic nitrogens is 3. The molecule has 7 heteroatoms. The summed E-state index contributed by atoms with van der Waals surface area (Å²) >= 11 is 0. The Labute approximate surface area is 122 Å². The summed E-state index contributed by atoms with van der Waals surface area (Å²) in [6.45, 7) is 4.13. The van der Waals surface area contributed by atoms with Gasteiger partial charge in [-0.05, 0) is 24.9 Å².